The lowest BCUT2D eigenvalue weighted by atomic mass is 10.0. The highest BCUT2D eigenvalue weighted by atomic mass is 16.5. The number of amides is 1. The summed E-state index contributed by atoms with van der Waals surface area (Å²) in [5.74, 6) is 1.23. The van der Waals surface area contributed by atoms with Gasteiger partial charge < -0.3 is 9.64 Å². The third kappa shape index (κ3) is 4.33. The van der Waals surface area contributed by atoms with Crippen molar-refractivity contribution in [2.75, 3.05) is 31.1 Å². The van der Waals surface area contributed by atoms with Gasteiger partial charge in [-0.15, -0.1) is 0 Å². The maximum Gasteiger partial charge on any atom is 0.227 e. The SMILES string of the molecule is O=C1CCCc2ccccc2N1C1CCN(CCOc2ccccc2)CC1.[HH]. The number of carbonyl (C=O) groups is 1. The van der Waals surface area contributed by atoms with Crippen molar-refractivity contribution in [1.82, 2.24) is 4.90 Å². The molecule has 0 radical (unpaired) electrons. The summed E-state index contributed by atoms with van der Waals surface area (Å²) in [5.41, 5.74) is 2.47. The van der Waals surface area contributed by atoms with Crippen LogP contribution in [0.4, 0.5) is 5.69 Å². The van der Waals surface area contributed by atoms with Gasteiger partial charge in [-0.3, -0.25) is 9.69 Å². The highest BCUT2D eigenvalue weighted by Gasteiger charge is 2.31. The Bertz CT molecular complexity index is 760. The molecule has 2 aliphatic rings. The lowest BCUT2D eigenvalue weighted by Crippen LogP contribution is -2.48. The molecule has 4 nitrogen and oxygen atoms in total. The van der Waals surface area contributed by atoms with Crippen LogP contribution in [0.3, 0.4) is 0 Å². The van der Waals surface area contributed by atoms with Crippen LogP contribution >= 0.6 is 0 Å². The fourth-order valence-electron chi connectivity index (χ4n) is 4.25. The number of likely N-dealkylation sites (tertiary alicyclic amines) is 1. The Labute approximate surface area is 163 Å². The van der Waals surface area contributed by atoms with Crippen molar-refractivity contribution in [3.63, 3.8) is 0 Å². The van der Waals surface area contributed by atoms with E-state index in [-0.39, 0.29) is 1.43 Å². The van der Waals surface area contributed by atoms with Crippen LogP contribution in [0.2, 0.25) is 0 Å². The second-order valence-corrected chi connectivity index (χ2v) is 7.48. The Balaban J connectivity index is 0.00000225. The van der Waals surface area contributed by atoms with E-state index < -0.39 is 0 Å². The number of fused-ring (bicyclic) bond motifs is 1. The maximum absolute atomic E-state index is 12.8. The molecule has 0 spiro atoms. The van der Waals surface area contributed by atoms with Crippen molar-refractivity contribution < 1.29 is 11.0 Å². The number of anilines is 1. The van der Waals surface area contributed by atoms with Gasteiger partial charge in [0.2, 0.25) is 5.91 Å². The predicted octanol–water partition coefficient (Wildman–Crippen LogP) is 4.15. The largest absolute Gasteiger partial charge is 0.492 e. The number of rotatable bonds is 5. The predicted molar refractivity (Wildman–Crippen MR) is 110 cm³/mol. The number of hydrogen-bond donors (Lipinski definition) is 0. The van der Waals surface area contributed by atoms with Crippen molar-refractivity contribution in [3.8, 4) is 5.75 Å². The lowest BCUT2D eigenvalue weighted by Gasteiger charge is -2.38. The first-order chi connectivity index (χ1) is 13.3. The maximum atomic E-state index is 12.8. The van der Waals surface area contributed by atoms with E-state index in [9.17, 15) is 4.79 Å². The number of benzene rings is 2. The van der Waals surface area contributed by atoms with E-state index in [1.165, 1.54) is 5.56 Å². The molecule has 4 heteroatoms. The third-order valence-corrected chi connectivity index (χ3v) is 5.70. The summed E-state index contributed by atoms with van der Waals surface area (Å²) < 4.78 is 5.83. The molecule has 4 rings (SSSR count). The molecule has 2 aromatic rings. The second kappa shape index (κ2) is 8.57. The summed E-state index contributed by atoms with van der Waals surface area (Å²) in [4.78, 5) is 17.3. The summed E-state index contributed by atoms with van der Waals surface area (Å²) in [7, 11) is 0. The molecule has 0 aliphatic carbocycles. The van der Waals surface area contributed by atoms with Gasteiger partial charge in [0.1, 0.15) is 12.4 Å². The van der Waals surface area contributed by atoms with E-state index in [1.807, 2.05) is 30.3 Å². The fraction of sp³-hybridized carbons (Fsp3) is 0.435. The lowest BCUT2D eigenvalue weighted by molar-refractivity contribution is -0.119. The number of piperidine rings is 1. The second-order valence-electron chi connectivity index (χ2n) is 7.48. The Morgan fingerprint density at radius 2 is 1.70 bits per heavy atom. The van der Waals surface area contributed by atoms with Gasteiger partial charge in [0.05, 0.1) is 0 Å². The first-order valence-electron chi connectivity index (χ1n) is 10.1. The van der Waals surface area contributed by atoms with Crippen LogP contribution in [0.1, 0.15) is 32.7 Å². The van der Waals surface area contributed by atoms with Crippen LogP contribution in [0.5, 0.6) is 5.75 Å². The van der Waals surface area contributed by atoms with Crippen molar-refractivity contribution in [2.24, 2.45) is 0 Å². The number of nitrogens with zero attached hydrogens (tertiary/aromatic N) is 2. The molecular formula is C23H30N2O2. The first kappa shape index (κ1) is 18.1. The summed E-state index contributed by atoms with van der Waals surface area (Å²) in [6.45, 7) is 3.69. The minimum absolute atomic E-state index is 0. The van der Waals surface area contributed by atoms with Gasteiger partial charge >= 0.3 is 0 Å². The van der Waals surface area contributed by atoms with Gasteiger partial charge in [-0.2, -0.15) is 0 Å². The molecule has 0 aromatic heterocycles. The van der Waals surface area contributed by atoms with E-state index in [2.05, 4.69) is 34.1 Å². The molecular weight excluding hydrogens is 336 g/mol. The molecule has 0 saturated carbocycles. The summed E-state index contributed by atoms with van der Waals surface area (Å²) in [6, 6.07) is 18.7. The summed E-state index contributed by atoms with van der Waals surface area (Å²) in [6.07, 6.45) is 4.70. The van der Waals surface area contributed by atoms with Crippen LogP contribution in [0, 0.1) is 0 Å². The van der Waals surface area contributed by atoms with Crippen molar-refractivity contribution >= 4 is 11.6 Å². The molecule has 144 valence electrons. The smallest absolute Gasteiger partial charge is 0.227 e. The average molecular weight is 367 g/mol. The number of para-hydroxylation sites is 2. The van der Waals surface area contributed by atoms with Crippen LogP contribution in [0.15, 0.2) is 54.6 Å². The molecule has 2 aromatic carbocycles. The molecule has 2 aliphatic heterocycles. The molecule has 0 atom stereocenters. The standard InChI is InChI=1S/C23H28N2O2.H2/c26-23-12-6-8-19-7-4-5-11-22(19)25(23)20-13-15-24(16-14-20)17-18-27-21-9-2-1-3-10-21;/h1-5,7,9-11,20H,6,8,12-18H2;1H. The van der Waals surface area contributed by atoms with Gasteiger partial charge in [-0.05, 0) is 49.4 Å². The summed E-state index contributed by atoms with van der Waals surface area (Å²) >= 11 is 0. The van der Waals surface area contributed by atoms with E-state index in [0.717, 1.165) is 56.8 Å². The van der Waals surface area contributed by atoms with Crippen molar-refractivity contribution in [2.45, 2.75) is 38.1 Å². The Hall–Kier alpha value is -2.33. The Kier molecular flexibility index (Phi) is 5.73. The van der Waals surface area contributed by atoms with Crippen molar-refractivity contribution in [1.29, 1.82) is 0 Å². The van der Waals surface area contributed by atoms with E-state index in [1.54, 1.807) is 0 Å². The highest BCUT2D eigenvalue weighted by Crippen LogP contribution is 2.31. The van der Waals surface area contributed by atoms with Crippen LogP contribution in [0.25, 0.3) is 0 Å². The van der Waals surface area contributed by atoms with Crippen LogP contribution < -0.4 is 9.64 Å². The van der Waals surface area contributed by atoms with Gasteiger partial charge in [0, 0.05) is 39.2 Å². The minimum atomic E-state index is 0. The van der Waals surface area contributed by atoms with Gasteiger partial charge in [-0.1, -0.05) is 36.4 Å². The van der Waals surface area contributed by atoms with E-state index in [4.69, 9.17) is 4.74 Å². The quantitative estimate of drug-likeness (QED) is 0.797. The molecule has 1 fully saturated rings. The zero-order valence-corrected chi connectivity index (χ0v) is 15.8. The normalized spacial score (nSPS) is 18.8. The number of ether oxygens (including phenoxy) is 1. The van der Waals surface area contributed by atoms with Gasteiger partial charge in [0.25, 0.3) is 0 Å². The zero-order valence-electron chi connectivity index (χ0n) is 15.8. The zero-order chi connectivity index (χ0) is 18.5. The van der Waals surface area contributed by atoms with Gasteiger partial charge in [-0.25, -0.2) is 0 Å². The van der Waals surface area contributed by atoms with E-state index >= 15 is 0 Å². The molecule has 0 bridgehead atoms. The van der Waals surface area contributed by atoms with Crippen LogP contribution in [-0.2, 0) is 11.2 Å². The van der Waals surface area contributed by atoms with Crippen molar-refractivity contribution in [3.05, 3.63) is 60.2 Å². The highest BCUT2D eigenvalue weighted by molar-refractivity contribution is 5.95. The van der Waals surface area contributed by atoms with E-state index in [0.29, 0.717) is 25.0 Å². The number of aryl methyl sites for hydroxylation is 1. The third-order valence-electron chi connectivity index (χ3n) is 5.70. The Morgan fingerprint density at radius 3 is 2.52 bits per heavy atom. The minimum Gasteiger partial charge on any atom is -0.492 e. The summed E-state index contributed by atoms with van der Waals surface area (Å²) in [5, 5.41) is 0. The molecule has 1 saturated heterocycles. The van der Waals surface area contributed by atoms with Gasteiger partial charge in [0.15, 0.2) is 0 Å². The molecule has 27 heavy (non-hydrogen) atoms. The molecule has 2 heterocycles. The fourth-order valence-corrected chi connectivity index (χ4v) is 4.25. The molecule has 0 unspecified atom stereocenters. The number of hydrogen-bond acceptors (Lipinski definition) is 3. The van der Waals surface area contributed by atoms with Crippen LogP contribution in [-0.4, -0.2) is 43.1 Å². The average Bonchev–Trinajstić information content (AvgIpc) is 2.88. The monoisotopic (exact) mass is 366 g/mol. The Morgan fingerprint density at radius 1 is 0.963 bits per heavy atom. The first-order valence-corrected chi connectivity index (χ1v) is 10.1. The molecule has 0 N–H and O–H groups in total. The number of carbonyl (C=O) groups excluding carboxylic acids is 1. The molecule has 1 amide bonds. The topological polar surface area (TPSA) is 32.8 Å².